The Morgan fingerprint density at radius 3 is 2.69 bits per heavy atom. The highest BCUT2D eigenvalue weighted by atomic mass is 16.2. The molecular formula is C22H26N6O. The Morgan fingerprint density at radius 1 is 1.00 bits per heavy atom. The average molecular weight is 390 g/mol. The average Bonchev–Trinajstić information content (AvgIpc) is 3.04. The van der Waals surface area contributed by atoms with Crippen molar-refractivity contribution < 1.29 is 4.79 Å². The van der Waals surface area contributed by atoms with E-state index in [-0.39, 0.29) is 5.91 Å². The molecule has 1 amide bonds. The van der Waals surface area contributed by atoms with Crippen LogP contribution in [-0.2, 0) is 13.0 Å². The molecule has 2 aliphatic heterocycles. The lowest BCUT2D eigenvalue weighted by Crippen LogP contribution is -2.34. The quantitative estimate of drug-likeness (QED) is 0.672. The predicted molar refractivity (Wildman–Crippen MR) is 111 cm³/mol. The van der Waals surface area contributed by atoms with Gasteiger partial charge < -0.3 is 14.4 Å². The zero-order valence-electron chi connectivity index (χ0n) is 16.8. The third-order valence-corrected chi connectivity index (χ3v) is 6.30. The smallest absolute Gasteiger partial charge is 0.273 e. The van der Waals surface area contributed by atoms with Crippen LogP contribution in [0.5, 0.6) is 0 Å². The van der Waals surface area contributed by atoms with E-state index in [2.05, 4.69) is 31.7 Å². The Balaban J connectivity index is 1.36. The molecular weight excluding hydrogens is 364 g/mol. The number of pyridine rings is 1. The van der Waals surface area contributed by atoms with Gasteiger partial charge in [-0.2, -0.15) is 0 Å². The molecule has 1 fully saturated rings. The number of rotatable bonds is 2. The number of hydrogen-bond acceptors (Lipinski definition) is 5. The van der Waals surface area contributed by atoms with Gasteiger partial charge in [0, 0.05) is 43.6 Å². The van der Waals surface area contributed by atoms with E-state index in [9.17, 15) is 4.79 Å². The van der Waals surface area contributed by atoms with Crippen LogP contribution < -0.4 is 0 Å². The molecule has 0 bridgehead atoms. The summed E-state index contributed by atoms with van der Waals surface area (Å²) < 4.78 is 2.26. The number of aromatic nitrogens is 4. The van der Waals surface area contributed by atoms with Gasteiger partial charge in [-0.05, 0) is 44.4 Å². The Bertz CT molecular complexity index is 1030. The molecule has 0 N–H and O–H groups in total. The topological polar surface area (TPSA) is 67.2 Å². The summed E-state index contributed by atoms with van der Waals surface area (Å²) in [6.07, 6.45) is 4.70. The Labute approximate surface area is 170 Å². The summed E-state index contributed by atoms with van der Waals surface area (Å²) in [7, 11) is 2.17. The molecule has 3 aromatic rings. The molecule has 1 saturated heterocycles. The SMILES string of the molecule is CN1CCC(c2nnc3n2CCN(C(=O)c2nccc4ccccc24)CC3)CC1. The number of benzene rings is 1. The fraction of sp³-hybridized carbons (Fsp3) is 0.455. The van der Waals surface area contributed by atoms with Gasteiger partial charge in [0.15, 0.2) is 0 Å². The van der Waals surface area contributed by atoms with Crippen LogP contribution >= 0.6 is 0 Å². The summed E-state index contributed by atoms with van der Waals surface area (Å²) in [4.78, 5) is 22.0. The Morgan fingerprint density at radius 2 is 1.83 bits per heavy atom. The number of likely N-dealkylation sites (tertiary alicyclic amines) is 1. The molecule has 2 aromatic heterocycles. The number of carbonyl (C=O) groups is 1. The van der Waals surface area contributed by atoms with Crippen LogP contribution in [0.25, 0.3) is 10.8 Å². The number of hydrogen-bond donors (Lipinski definition) is 0. The molecule has 29 heavy (non-hydrogen) atoms. The van der Waals surface area contributed by atoms with Gasteiger partial charge in [-0.25, -0.2) is 0 Å². The van der Waals surface area contributed by atoms with Crippen molar-refractivity contribution in [3.63, 3.8) is 0 Å². The largest absolute Gasteiger partial charge is 0.335 e. The summed E-state index contributed by atoms with van der Waals surface area (Å²) >= 11 is 0. The van der Waals surface area contributed by atoms with Crippen LogP contribution in [0.4, 0.5) is 0 Å². The van der Waals surface area contributed by atoms with E-state index in [4.69, 9.17) is 0 Å². The molecule has 5 rings (SSSR count). The monoisotopic (exact) mass is 390 g/mol. The van der Waals surface area contributed by atoms with Crippen molar-refractivity contribution in [3.8, 4) is 0 Å². The van der Waals surface area contributed by atoms with E-state index in [1.807, 2.05) is 35.2 Å². The molecule has 0 saturated carbocycles. The molecule has 0 unspecified atom stereocenters. The molecule has 7 heteroatoms. The van der Waals surface area contributed by atoms with Crippen molar-refractivity contribution in [2.45, 2.75) is 31.7 Å². The highest BCUT2D eigenvalue weighted by Gasteiger charge is 2.28. The Hall–Kier alpha value is -2.80. The van der Waals surface area contributed by atoms with Crippen molar-refractivity contribution >= 4 is 16.7 Å². The first kappa shape index (κ1) is 18.2. The molecule has 7 nitrogen and oxygen atoms in total. The van der Waals surface area contributed by atoms with Gasteiger partial charge >= 0.3 is 0 Å². The minimum Gasteiger partial charge on any atom is -0.335 e. The van der Waals surface area contributed by atoms with Crippen LogP contribution in [-0.4, -0.2) is 68.7 Å². The maximum absolute atomic E-state index is 13.3. The first-order valence-corrected chi connectivity index (χ1v) is 10.4. The van der Waals surface area contributed by atoms with E-state index in [1.54, 1.807) is 6.20 Å². The predicted octanol–water partition coefficient (Wildman–Crippen LogP) is 2.33. The zero-order valence-corrected chi connectivity index (χ0v) is 16.8. The second-order valence-corrected chi connectivity index (χ2v) is 8.13. The van der Waals surface area contributed by atoms with Gasteiger partial charge in [-0.1, -0.05) is 24.3 Å². The van der Waals surface area contributed by atoms with Crippen molar-refractivity contribution in [3.05, 3.63) is 53.9 Å². The first-order valence-electron chi connectivity index (χ1n) is 10.4. The van der Waals surface area contributed by atoms with Crippen molar-refractivity contribution in [1.82, 2.24) is 29.5 Å². The number of fused-ring (bicyclic) bond motifs is 2. The lowest BCUT2D eigenvalue weighted by atomic mass is 9.96. The number of amides is 1. The van der Waals surface area contributed by atoms with E-state index >= 15 is 0 Å². The second kappa shape index (κ2) is 7.55. The summed E-state index contributed by atoms with van der Waals surface area (Å²) in [6, 6.07) is 9.88. The molecule has 1 aromatic carbocycles. The fourth-order valence-electron chi connectivity index (χ4n) is 4.56. The third kappa shape index (κ3) is 3.40. The van der Waals surface area contributed by atoms with Gasteiger partial charge in [0.1, 0.15) is 17.3 Å². The van der Waals surface area contributed by atoms with Crippen molar-refractivity contribution in [2.75, 3.05) is 33.2 Å². The normalized spacial score (nSPS) is 18.6. The van der Waals surface area contributed by atoms with Crippen LogP contribution in [0, 0.1) is 0 Å². The lowest BCUT2D eigenvalue weighted by Gasteiger charge is -2.28. The summed E-state index contributed by atoms with van der Waals surface area (Å²) in [6.45, 7) is 4.26. The number of piperidine rings is 1. The van der Waals surface area contributed by atoms with E-state index < -0.39 is 0 Å². The molecule has 150 valence electrons. The maximum atomic E-state index is 13.3. The van der Waals surface area contributed by atoms with Crippen LogP contribution in [0.2, 0.25) is 0 Å². The van der Waals surface area contributed by atoms with Gasteiger partial charge in [0.2, 0.25) is 0 Å². The number of carbonyl (C=O) groups excluding carboxylic acids is 1. The molecule has 0 aliphatic carbocycles. The van der Waals surface area contributed by atoms with Gasteiger partial charge in [0.05, 0.1) is 0 Å². The van der Waals surface area contributed by atoms with Gasteiger partial charge in [-0.3, -0.25) is 9.78 Å². The first-order chi connectivity index (χ1) is 14.2. The van der Waals surface area contributed by atoms with E-state index in [0.717, 1.165) is 61.3 Å². The molecule has 0 radical (unpaired) electrons. The summed E-state index contributed by atoms with van der Waals surface area (Å²) in [5, 5.41) is 11.0. The fourth-order valence-corrected chi connectivity index (χ4v) is 4.56. The second-order valence-electron chi connectivity index (χ2n) is 8.13. The molecule has 0 atom stereocenters. The van der Waals surface area contributed by atoms with E-state index in [0.29, 0.717) is 24.7 Å². The lowest BCUT2D eigenvalue weighted by molar-refractivity contribution is 0.0755. The molecule has 2 aliphatic rings. The van der Waals surface area contributed by atoms with Crippen LogP contribution in [0.15, 0.2) is 36.5 Å². The molecule has 0 spiro atoms. The third-order valence-electron chi connectivity index (χ3n) is 6.30. The van der Waals surface area contributed by atoms with Crippen molar-refractivity contribution in [2.24, 2.45) is 0 Å². The van der Waals surface area contributed by atoms with E-state index in [1.165, 1.54) is 0 Å². The zero-order chi connectivity index (χ0) is 19.8. The minimum atomic E-state index is 0.00125. The summed E-state index contributed by atoms with van der Waals surface area (Å²) in [5.41, 5.74) is 0.538. The number of nitrogens with zero attached hydrogens (tertiary/aromatic N) is 6. The summed E-state index contributed by atoms with van der Waals surface area (Å²) in [5.74, 6) is 2.57. The Kier molecular flexibility index (Phi) is 4.75. The minimum absolute atomic E-state index is 0.00125. The van der Waals surface area contributed by atoms with Gasteiger partial charge in [0.25, 0.3) is 5.91 Å². The van der Waals surface area contributed by atoms with Gasteiger partial charge in [-0.15, -0.1) is 10.2 Å². The van der Waals surface area contributed by atoms with Crippen LogP contribution in [0.3, 0.4) is 0 Å². The van der Waals surface area contributed by atoms with Crippen LogP contribution in [0.1, 0.15) is 40.9 Å². The van der Waals surface area contributed by atoms with Crippen molar-refractivity contribution in [1.29, 1.82) is 0 Å². The maximum Gasteiger partial charge on any atom is 0.273 e. The highest BCUT2D eigenvalue weighted by Crippen LogP contribution is 2.27. The molecule has 4 heterocycles. The highest BCUT2D eigenvalue weighted by molar-refractivity contribution is 6.05. The standard InChI is InChI=1S/C22H26N6O/c1-26-11-7-17(8-12-26)21-25-24-19-9-13-27(14-15-28(19)21)22(29)20-18-5-3-2-4-16(18)6-10-23-20/h2-6,10,17H,7-9,11-15H2,1H3.